The number of halogens is 1. The van der Waals surface area contributed by atoms with Crippen LogP contribution in [-0.2, 0) is 0 Å². The van der Waals surface area contributed by atoms with Crippen molar-refractivity contribution in [3.05, 3.63) is 64.1 Å². The van der Waals surface area contributed by atoms with Gasteiger partial charge in [-0.1, -0.05) is 11.6 Å². The minimum absolute atomic E-state index is 0.264. The fraction of sp³-hybridized carbons (Fsp3) is 0.158. The Morgan fingerprint density at radius 1 is 1.04 bits per heavy atom. The zero-order valence-electron chi connectivity index (χ0n) is 13.9. The summed E-state index contributed by atoms with van der Waals surface area (Å²) in [5.41, 5.74) is 1.38. The summed E-state index contributed by atoms with van der Waals surface area (Å²) < 4.78 is 11.2. The van der Waals surface area contributed by atoms with Gasteiger partial charge in [-0.15, -0.1) is 11.3 Å². The third-order valence-corrected chi connectivity index (χ3v) is 4.97. The fourth-order valence-corrected chi connectivity index (χ4v) is 3.30. The van der Waals surface area contributed by atoms with Crippen molar-refractivity contribution in [1.29, 1.82) is 0 Å². The molecule has 0 radical (unpaired) electrons. The summed E-state index contributed by atoms with van der Waals surface area (Å²) in [6, 6.07) is 14.5. The summed E-state index contributed by atoms with van der Waals surface area (Å²) in [6.45, 7) is 2.51. The molecule has 0 bridgehead atoms. The molecule has 0 unspecified atom stereocenters. The van der Waals surface area contributed by atoms with Crippen LogP contribution >= 0.6 is 22.9 Å². The Morgan fingerprint density at radius 3 is 2.08 bits per heavy atom. The van der Waals surface area contributed by atoms with E-state index in [1.807, 2.05) is 24.3 Å². The SMILES string of the molecule is Cc1nc(-c2ccc(OCCOc3ccc(Cl)cc3)cc2)sc1C(=O)O. The van der Waals surface area contributed by atoms with Crippen LogP contribution in [0.2, 0.25) is 5.02 Å². The molecule has 2 aromatic carbocycles. The van der Waals surface area contributed by atoms with Gasteiger partial charge in [-0.05, 0) is 55.5 Å². The molecule has 0 spiro atoms. The number of carbonyl (C=O) groups is 1. The smallest absolute Gasteiger partial charge is 0.347 e. The van der Waals surface area contributed by atoms with Crippen molar-refractivity contribution in [1.82, 2.24) is 4.98 Å². The predicted octanol–water partition coefficient (Wildman–Crippen LogP) is 4.93. The molecule has 5 nitrogen and oxygen atoms in total. The topological polar surface area (TPSA) is 68.7 Å². The van der Waals surface area contributed by atoms with Crippen LogP contribution in [0, 0.1) is 6.92 Å². The molecule has 0 aliphatic carbocycles. The van der Waals surface area contributed by atoms with Crippen molar-refractivity contribution in [3.63, 3.8) is 0 Å². The van der Waals surface area contributed by atoms with Gasteiger partial charge in [0, 0.05) is 10.6 Å². The van der Waals surface area contributed by atoms with Gasteiger partial charge in [0.15, 0.2) is 0 Å². The van der Waals surface area contributed by atoms with E-state index in [0.29, 0.717) is 34.7 Å². The van der Waals surface area contributed by atoms with E-state index in [1.54, 1.807) is 31.2 Å². The zero-order valence-corrected chi connectivity index (χ0v) is 15.5. The number of carboxylic acids is 1. The first kappa shape index (κ1) is 18.2. The number of rotatable bonds is 7. The van der Waals surface area contributed by atoms with Crippen LogP contribution < -0.4 is 9.47 Å². The monoisotopic (exact) mass is 389 g/mol. The fourth-order valence-electron chi connectivity index (χ4n) is 2.26. The van der Waals surface area contributed by atoms with Crippen LogP contribution in [0.4, 0.5) is 0 Å². The average molecular weight is 390 g/mol. The highest BCUT2D eigenvalue weighted by atomic mass is 35.5. The molecule has 3 aromatic rings. The Labute approximate surface area is 159 Å². The lowest BCUT2D eigenvalue weighted by atomic mass is 10.2. The number of aryl methyl sites for hydroxylation is 1. The number of ether oxygens (including phenoxy) is 2. The highest BCUT2D eigenvalue weighted by Gasteiger charge is 2.14. The average Bonchev–Trinajstić information content (AvgIpc) is 3.03. The van der Waals surface area contributed by atoms with Gasteiger partial charge < -0.3 is 14.6 Å². The lowest BCUT2D eigenvalue weighted by Gasteiger charge is -2.08. The largest absolute Gasteiger partial charge is 0.490 e. The Bertz CT molecular complexity index is 891. The molecule has 0 amide bonds. The van der Waals surface area contributed by atoms with E-state index in [2.05, 4.69) is 4.98 Å². The highest BCUT2D eigenvalue weighted by Crippen LogP contribution is 2.29. The van der Waals surface area contributed by atoms with Crippen LogP contribution in [0.15, 0.2) is 48.5 Å². The maximum atomic E-state index is 11.1. The van der Waals surface area contributed by atoms with E-state index in [0.717, 1.165) is 11.3 Å². The van der Waals surface area contributed by atoms with Gasteiger partial charge >= 0.3 is 5.97 Å². The Kier molecular flexibility index (Phi) is 5.75. The molecule has 1 heterocycles. The number of aromatic nitrogens is 1. The molecule has 3 rings (SSSR count). The second kappa shape index (κ2) is 8.21. The van der Waals surface area contributed by atoms with Gasteiger partial charge in [-0.2, -0.15) is 0 Å². The first-order chi connectivity index (χ1) is 12.5. The lowest BCUT2D eigenvalue weighted by molar-refractivity contribution is 0.0701. The van der Waals surface area contributed by atoms with E-state index in [-0.39, 0.29) is 4.88 Å². The van der Waals surface area contributed by atoms with E-state index >= 15 is 0 Å². The molecule has 0 saturated heterocycles. The number of benzene rings is 2. The van der Waals surface area contributed by atoms with Crippen LogP contribution in [0.25, 0.3) is 10.6 Å². The number of nitrogens with zero attached hydrogens (tertiary/aromatic N) is 1. The molecule has 0 saturated carbocycles. The molecule has 0 atom stereocenters. The van der Waals surface area contributed by atoms with Gasteiger partial charge in [-0.25, -0.2) is 9.78 Å². The maximum absolute atomic E-state index is 11.1. The van der Waals surface area contributed by atoms with Gasteiger partial charge in [0.25, 0.3) is 0 Å². The first-order valence-corrected chi connectivity index (χ1v) is 9.04. The van der Waals surface area contributed by atoms with Gasteiger partial charge in [0.1, 0.15) is 34.6 Å². The number of aromatic carboxylic acids is 1. The molecule has 1 aromatic heterocycles. The van der Waals surface area contributed by atoms with Crippen LogP contribution in [-0.4, -0.2) is 29.3 Å². The summed E-state index contributed by atoms with van der Waals surface area (Å²) >= 11 is 6.99. The van der Waals surface area contributed by atoms with E-state index in [1.165, 1.54) is 11.3 Å². The molecule has 1 N–H and O–H groups in total. The normalized spacial score (nSPS) is 10.5. The molecule has 0 fully saturated rings. The van der Waals surface area contributed by atoms with Crippen LogP contribution in [0.3, 0.4) is 0 Å². The van der Waals surface area contributed by atoms with Crippen molar-refractivity contribution >= 4 is 28.9 Å². The van der Waals surface area contributed by atoms with Gasteiger partial charge in [-0.3, -0.25) is 0 Å². The zero-order chi connectivity index (χ0) is 18.5. The summed E-state index contributed by atoms with van der Waals surface area (Å²) in [7, 11) is 0. The second-order valence-corrected chi connectivity index (χ2v) is 6.85. The quantitative estimate of drug-likeness (QED) is 0.580. The lowest BCUT2D eigenvalue weighted by Crippen LogP contribution is -2.08. The molecule has 0 aliphatic rings. The summed E-state index contributed by atoms with van der Waals surface area (Å²) in [5, 5.41) is 10.5. The summed E-state index contributed by atoms with van der Waals surface area (Å²) in [5.74, 6) is 0.494. The molecule has 0 aliphatic heterocycles. The Morgan fingerprint density at radius 2 is 1.58 bits per heavy atom. The van der Waals surface area contributed by atoms with E-state index < -0.39 is 5.97 Å². The van der Waals surface area contributed by atoms with E-state index in [4.69, 9.17) is 26.2 Å². The van der Waals surface area contributed by atoms with Crippen molar-refractivity contribution in [3.8, 4) is 22.1 Å². The number of hydrogen-bond acceptors (Lipinski definition) is 5. The third-order valence-electron chi connectivity index (χ3n) is 3.53. The molecule has 7 heteroatoms. The van der Waals surface area contributed by atoms with Crippen molar-refractivity contribution in [2.24, 2.45) is 0 Å². The second-order valence-electron chi connectivity index (χ2n) is 5.41. The predicted molar refractivity (Wildman–Crippen MR) is 102 cm³/mol. The van der Waals surface area contributed by atoms with Crippen molar-refractivity contribution in [2.75, 3.05) is 13.2 Å². The third kappa shape index (κ3) is 4.53. The molecule has 26 heavy (non-hydrogen) atoms. The highest BCUT2D eigenvalue weighted by molar-refractivity contribution is 7.17. The van der Waals surface area contributed by atoms with Crippen LogP contribution in [0.1, 0.15) is 15.4 Å². The minimum atomic E-state index is -0.952. The minimum Gasteiger partial charge on any atom is -0.490 e. The number of thiazole rings is 1. The molecular formula is C19H16ClNO4S. The first-order valence-electron chi connectivity index (χ1n) is 7.85. The van der Waals surface area contributed by atoms with Crippen LogP contribution in [0.5, 0.6) is 11.5 Å². The van der Waals surface area contributed by atoms with Crippen molar-refractivity contribution in [2.45, 2.75) is 6.92 Å². The Hall–Kier alpha value is -2.57. The van der Waals surface area contributed by atoms with E-state index in [9.17, 15) is 4.79 Å². The van der Waals surface area contributed by atoms with Gasteiger partial charge in [0.05, 0.1) is 5.69 Å². The maximum Gasteiger partial charge on any atom is 0.347 e. The summed E-state index contributed by atoms with van der Waals surface area (Å²) in [6.07, 6.45) is 0. The molecule has 134 valence electrons. The number of hydrogen-bond donors (Lipinski definition) is 1. The Balaban J connectivity index is 1.53. The van der Waals surface area contributed by atoms with Crippen molar-refractivity contribution < 1.29 is 19.4 Å². The van der Waals surface area contributed by atoms with Gasteiger partial charge in [0.2, 0.25) is 0 Å². The summed E-state index contributed by atoms with van der Waals surface area (Å²) in [4.78, 5) is 15.7. The number of carboxylic acid groups (broad SMARTS) is 1. The standard InChI is InChI=1S/C19H16ClNO4S/c1-12-17(19(22)23)26-18(21-12)13-2-6-15(7-3-13)24-10-11-25-16-8-4-14(20)5-9-16/h2-9H,10-11H2,1H3,(H,22,23). The molecular weight excluding hydrogens is 374 g/mol.